The highest BCUT2D eigenvalue weighted by Gasteiger charge is 2.37. The number of carbonyl (C=O) groups is 2. The quantitative estimate of drug-likeness (QED) is 0.355. The number of alkyl halides is 3. The molecule has 0 saturated carbocycles. The van der Waals surface area contributed by atoms with Crippen LogP contribution in [0.25, 0.3) is 0 Å². The fraction of sp³-hybridized carbons (Fsp3) is 0.133. The molecule has 0 aliphatic rings. The molecule has 0 spiro atoms. The number of thiophene rings is 1. The largest absolute Gasteiger partial charge is 0.431 e. The summed E-state index contributed by atoms with van der Waals surface area (Å²) in [5, 5.41) is 15.2. The number of nitrogens with zero attached hydrogens (tertiary/aromatic N) is 2. The Balaban J connectivity index is 2.17. The van der Waals surface area contributed by atoms with Crippen LogP contribution < -0.4 is 5.43 Å². The van der Waals surface area contributed by atoms with Crippen LogP contribution in [0.4, 0.5) is 18.9 Å². The Hall–Kier alpha value is -3.08. The van der Waals surface area contributed by atoms with Gasteiger partial charge in [0.05, 0.1) is 16.2 Å². The number of halogens is 3. The smallest absolute Gasteiger partial charge is 0.293 e. The minimum absolute atomic E-state index is 0.131. The number of benzene rings is 1. The van der Waals surface area contributed by atoms with E-state index in [1.54, 1.807) is 10.8 Å². The Bertz CT molecular complexity index is 863. The van der Waals surface area contributed by atoms with E-state index in [1.165, 1.54) is 24.3 Å². The van der Waals surface area contributed by atoms with Crippen molar-refractivity contribution in [2.24, 2.45) is 5.10 Å². The molecule has 0 atom stereocenters. The fourth-order valence-corrected chi connectivity index (χ4v) is 2.49. The summed E-state index contributed by atoms with van der Waals surface area (Å²) in [6.45, 7) is 0. The molecule has 0 fully saturated rings. The third-order valence-electron chi connectivity index (χ3n) is 3.06. The number of hydrogen-bond acceptors (Lipinski definition) is 6. The van der Waals surface area contributed by atoms with Gasteiger partial charge in [0, 0.05) is 17.7 Å². The minimum atomic E-state index is -4.93. The van der Waals surface area contributed by atoms with Crippen molar-refractivity contribution in [3.8, 4) is 0 Å². The number of amides is 1. The normalized spacial score (nSPS) is 11.9. The lowest BCUT2D eigenvalue weighted by Crippen LogP contribution is -2.30. The molecule has 0 radical (unpaired) electrons. The number of ketones is 1. The molecule has 0 unspecified atom stereocenters. The molecule has 0 aliphatic carbocycles. The molecular formula is C15H10F3N3O4S. The Morgan fingerprint density at radius 1 is 1.23 bits per heavy atom. The summed E-state index contributed by atoms with van der Waals surface area (Å²) >= 11 is 0.986. The van der Waals surface area contributed by atoms with E-state index >= 15 is 0 Å². The summed E-state index contributed by atoms with van der Waals surface area (Å²) in [5.74, 6) is -1.86. The lowest BCUT2D eigenvalue weighted by molar-refractivity contribution is -0.384. The molecule has 2 aromatic rings. The molecule has 7 nitrogen and oxygen atoms in total. The first-order valence-electron chi connectivity index (χ1n) is 6.93. The predicted molar refractivity (Wildman–Crippen MR) is 87.3 cm³/mol. The summed E-state index contributed by atoms with van der Waals surface area (Å²) in [6.07, 6.45) is -5.97. The lowest BCUT2D eigenvalue weighted by atomic mass is 10.1. The summed E-state index contributed by atoms with van der Waals surface area (Å²) < 4.78 is 39.1. The van der Waals surface area contributed by atoms with Crippen molar-refractivity contribution in [3.05, 3.63) is 62.3 Å². The second-order valence-corrected chi connectivity index (χ2v) is 5.83. The summed E-state index contributed by atoms with van der Waals surface area (Å²) in [6, 6.07) is 7.31. The molecule has 1 aromatic heterocycles. The molecule has 1 aromatic carbocycles. The van der Waals surface area contributed by atoms with Crippen molar-refractivity contribution in [1.29, 1.82) is 0 Å². The van der Waals surface area contributed by atoms with E-state index in [0.29, 0.717) is 0 Å². The maximum Gasteiger partial charge on any atom is 0.431 e. The van der Waals surface area contributed by atoms with E-state index in [1.807, 2.05) is 0 Å². The van der Waals surface area contributed by atoms with Crippen molar-refractivity contribution in [3.63, 3.8) is 0 Å². The highest BCUT2D eigenvalue weighted by Crippen LogP contribution is 2.22. The average Bonchev–Trinajstić information content (AvgIpc) is 3.11. The molecule has 0 saturated heterocycles. The lowest BCUT2D eigenvalue weighted by Gasteiger charge is -2.10. The van der Waals surface area contributed by atoms with Crippen LogP contribution in [0.2, 0.25) is 0 Å². The van der Waals surface area contributed by atoms with Crippen molar-refractivity contribution >= 4 is 34.4 Å². The summed E-state index contributed by atoms with van der Waals surface area (Å²) in [5.41, 5.74) is -0.436. The van der Waals surface area contributed by atoms with Crippen LogP contribution in [0, 0.1) is 10.1 Å². The van der Waals surface area contributed by atoms with Gasteiger partial charge in [0.1, 0.15) is 5.71 Å². The van der Waals surface area contributed by atoms with E-state index in [2.05, 4.69) is 5.10 Å². The Kier molecular flexibility index (Phi) is 5.82. The maximum absolute atomic E-state index is 13.0. The molecule has 1 heterocycles. The van der Waals surface area contributed by atoms with Crippen LogP contribution in [0.1, 0.15) is 26.5 Å². The zero-order valence-corrected chi connectivity index (χ0v) is 13.6. The van der Waals surface area contributed by atoms with Crippen LogP contribution >= 0.6 is 11.3 Å². The van der Waals surface area contributed by atoms with Gasteiger partial charge < -0.3 is 0 Å². The Morgan fingerprint density at radius 3 is 2.54 bits per heavy atom. The number of hydrazone groups is 1. The molecule has 2 rings (SSSR count). The highest BCUT2D eigenvalue weighted by molar-refractivity contribution is 7.12. The fourth-order valence-electron chi connectivity index (χ4n) is 1.82. The van der Waals surface area contributed by atoms with Gasteiger partial charge in [-0.1, -0.05) is 12.1 Å². The van der Waals surface area contributed by atoms with E-state index in [0.717, 1.165) is 23.5 Å². The van der Waals surface area contributed by atoms with Crippen LogP contribution in [0.15, 0.2) is 46.9 Å². The Morgan fingerprint density at radius 2 is 1.96 bits per heavy atom. The standard InChI is InChI=1S/C15H10F3N3O4S/c16-15(17,18)13(8-11(22)12-5-2-6-26-12)19-20-14(23)9-3-1-4-10(7-9)21(24)25/h1-7H,8H2,(H,20,23)/b19-13-. The van der Waals surface area contributed by atoms with Gasteiger partial charge >= 0.3 is 6.18 Å². The molecule has 1 N–H and O–H groups in total. The first-order chi connectivity index (χ1) is 12.2. The number of carbonyl (C=O) groups excluding carboxylic acids is 2. The first kappa shape index (κ1) is 19.2. The minimum Gasteiger partial charge on any atom is -0.293 e. The molecule has 0 bridgehead atoms. The average molecular weight is 385 g/mol. The van der Waals surface area contributed by atoms with Crippen molar-refractivity contribution in [1.82, 2.24) is 5.43 Å². The SMILES string of the molecule is O=C(N/N=C(/CC(=O)c1cccs1)C(F)(F)F)c1cccc([N+](=O)[O-])c1. The first-order valence-corrected chi connectivity index (χ1v) is 7.81. The third-order valence-corrected chi connectivity index (χ3v) is 3.97. The number of nitro groups is 1. The zero-order valence-electron chi connectivity index (χ0n) is 12.8. The number of non-ortho nitro benzene ring substituents is 1. The summed E-state index contributed by atoms with van der Waals surface area (Å²) in [4.78, 5) is 33.8. The predicted octanol–water partition coefficient (Wildman–Crippen LogP) is 3.58. The number of nitro benzene ring substituents is 1. The topological polar surface area (TPSA) is 102 Å². The second kappa shape index (κ2) is 7.87. The molecule has 1 amide bonds. The van der Waals surface area contributed by atoms with Crippen molar-refractivity contribution in [2.45, 2.75) is 12.6 Å². The number of nitrogens with one attached hydrogen (secondary N) is 1. The van der Waals surface area contributed by atoms with Crippen LogP contribution in [0.5, 0.6) is 0 Å². The van der Waals surface area contributed by atoms with Gasteiger partial charge in [-0.15, -0.1) is 11.3 Å². The number of hydrogen-bond donors (Lipinski definition) is 1. The van der Waals surface area contributed by atoms with E-state index < -0.39 is 40.6 Å². The molecular weight excluding hydrogens is 375 g/mol. The van der Waals surface area contributed by atoms with E-state index in [9.17, 15) is 32.9 Å². The molecule has 26 heavy (non-hydrogen) atoms. The van der Waals surface area contributed by atoms with Crippen LogP contribution in [0.3, 0.4) is 0 Å². The van der Waals surface area contributed by atoms with Crippen LogP contribution in [-0.2, 0) is 0 Å². The van der Waals surface area contributed by atoms with E-state index in [-0.39, 0.29) is 10.4 Å². The molecule has 136 valence electrons. The molecule has 0 aliphatic heterocycles. The number of Topliss-reactive ketones (excluding diaryl/α,β-unsaturated/α-hetero) is 1. The van der Waals surface area contributed by atoms with Gasteiger partial charge in [-0.3, -0.25) is 19.7 Å². The Labute approximate surface area is 148 Å². The third kappa shape index (κ3) is 4.96. The second-order valence-electron chi connectivity index (χ2n) is 4.88. The van der Waals surface area contributed by atoms with E-state index in [4.69, 9.17) is 0 Å². The van der Waals surface area contributed by atoms with Crippen molar-refractivity contribution < 1.29 is 27.7 Å². The number of rotatable bonds is 6. The summed E-state index contributed by atoms with van der Waals surface area (Å²) in [7, 11) is 0. The van der Waals surface area contributed by atoms with Gasteiger partial charge in [0.2, 0.25) is 0 Å². The van der Waals surface area contributed by atoms with Gasteiger partial charge in [0.25, 0.3) is 11.6 Å². The van der Waals surface area contributed by atoms with Gasteiger partial charge in [-0.25, -0.2) is 5.43 Å². The van der Waals surface area contributed by atoms with Gasteiger partial charge in [-0.2, -0.15) is 18.3 Å². The monoisotopic (exact) mass is 385 g/mol. The van der Waals surface area contributed by atoms with Gasteiger partial charge in [-0.05, 0) is 17.5 Å². The molecule has 11 heteroatoms. The van der Waals surface area contributed by atoms with Gasteiger partial charge in [0.15, 0.2) is 5.78 Å². The highest BCUT2D eigenvalue weighted by atomic mass is 32.1. The van der Waals surface area contributed by atoms with Crippen molar-refractivity contribution in [2.75, 3.05) is 0 Å². The zero-order chi connectivity index (χ0) is 19.3. The van der Waals surface area contributed by atoms with Crippen LogP contribution in [-0.4, -0.2) is 28.5 Å². The maximum atomic E-state index is 13.0.